The van der Waals surface area contributed by atoms with Crippen LogP contribution in [0, 0.1) is 11.3 Å². The Balaban J connectivity index is 1.52. The molecule has 0 aliphatic heterocycles. The molecule has 1 saturated carbocycles. The Bertz CT molecular complexity index is 1060. The van der Waals surface area contributed by atoms with Gasteiger partial charge in [-0.05, 0) is 54.3 Å². The predicted molar refractivity (Wildman–Crippen MR) is 108 cm³/mol. The van der Waals surface area contributed by atoms with Crippen molar-refractivity contribution in [1.29, 1.82) is 5.26 Å². The molecule has 6 heteroatoms. The third-order valence-corrected chi connectivity index (χ3v) is 5.47. The first-order valence-corrected chi connectivity index (χ1v) is 9.96. The fourth-order valence-electron chi connectivity index (χ4n) is 3.74. The fraction of sp³-hybridized carbons (Fsp3) is 0.292. The van der Waals surface area contributed by atoms with Gasteiger partial charge in [0.05, 0.1) is 17.2 Å². The molecular formula is C24H22F3N3. The quantitative estimate of drug-likeness (QED) is 0.509. The van der Waals surface area contributed by atoms with E-state index in [0.29, 0.717) is 36.8 Å². The molecule has 0 unspecified atom stereocenters. The highest BCUT2D eigenvalue weighted by Gasteiger charge is 2.31. The van der Waals surface area contributed by atoms with Gasteiger partial charge >= 0.3 is 6.18 Å². The lowest BCUT2D eigenvalue weighted by Gasteiger charge is -2.23. The summed E-state index contributed by atoms with van der Waals surface area (Å²) < 4.78 is 41.1. The van der Waals surface area contributed by atoms with E-state index in [9.17, 15) is 18.4 Å². The molecule has 1 aromatic heterocycles. The first-order chi connectivity index (χ1) is 14.4. The molecule has 0 N–H and O–H groups in total. The third kappa shape index (κ3) is 4.74. The van der Waals surface area contributed by atoms with Crippen molar-refractivity contribution < 1.29 is 13.2 Å². The van der Waals surface area contributed by atoms with Crippen molar-refractivity contribution in [3.63, 3.8) is 0 Å². The number of hydrogen-bond donors (Lipinski definition) is 0. The van der Waals surface area contributed by atoms with Gasteiger partial charge in [0.1, 0.15) is 0 Å². The Morgan fingerprint density at radius 3 is 2.53 bits per heavy atom. The van der Waals surface area contributed by atoms with E-state index in [1.807, 2.05) is 47.2 Å². The van der Waals surface area contributed by atoms with E-state index >= 15 is 0 Å². The van der Waals surface area contributed by atoms with Crippen LogP contribution < -0.4 is 0 Å². The first kappa shape index (κ1) is 20.2. The highest BCUT2D eigenvalue weighted by Crippen LogP contribution is 2.31. The smallest absolute Gasteiger partial charge is 0.346 e. The zero-order chi connectivity index (χ0) is 21.1. The number of aromatic nitrogens is 1. The normalized spacial score (nSPS) is 14.1. The van der Waals surface area contributed by atoms with Gasteiger partial charge in [-0.2, -0.15) is 18.4 Å². The summed E-state index contributed by atoms with van der Waals surface area (Å²) in [6.07, 6.45) is -0.178. The predicted octanol–water partition coefficient (Wildman–Crippen LogP) is 5.59. The van der Waals surface area contributed by atoms with Crippen molar-refractivity contribution in [2.24, 2.45) is 0 Å². The zero-order valence-electron chi connectivity index (χ0n) is 16.4. The summed E-state index contributed by atoms with van der Waals surface area (Å²) >= 11 is 0. The van der Waals surface area contributed by atoms with Crippen LogP contribution in [0.3, 0.4) is 0 Å². The van der Waals surface area contributed by atoms with Gasteiger partial charge in [-0.15, -0.1) is 0 Å². The molecule has 154 valence electrons. The van der Waals surface area contributed by atoms with Crippen LogP contribution in [0.1, 0.15) is 40.8 Å². The number of nitriles is 1. The Labute approximate surface area is 174 Å². The summed E-state index contributed by atoms with van der Waals surface area (Å²) in [5, 5.41) is 9.38. The van der Waals surface area contributed by atoms with Gasteiger partial charge in [0, 0.05) is 37.6 Å². The Kier molecular flexibility index (Phi) is 5.65. The molecule has 0 radical (unpaired) electrons. The van der Waals surface area contributed by atoms with Crippen LogP contribution in [0.15, 0.2) is 66.9 Å². The van der Waals surface area contributed by atoms with E-state index in [0.717, 1.165) is 30.2 Å². The van der Waals surface area contributed by atoms with Gasteiger partial charge in [-0.3, -0.25) is 4.90 Å². The summed E-state index contributed by atoms with van der Waals surface area (Å²) in [6.45, 7) is 1.76. The number of hydrogen-bond acceptors (Lipinski definition) is 2. The molecule has 1 aliphatic rings. The number of rotatable bonds is 7. The van der Waals surface area contributed by atoms with Gasteiger partial charge in [0.25, 0.3) is 0 Å². The van der Waals surface area contributed by atoms with Crippen molar-refractivity contribution in [2.75, 3.05) is 0 Å². The number of alkyl halides is 3. The van der Waals surface area contributed by atoms with Crippen LogP contribution in [-0.4, -0.2) is 15.5 Å². The molecule has 2 aromatic carbocycles. The first-order valence-electron chi connectivity index (χ1n) is 9.96. The molecule has 0 spiro atoms. The van der Waals surface area contributed by atoms with E-state index in [1.54, 1.807) is 6.07 Å². The Morgan fingerprint density at radius 2 is 1.80 bits per heavy atom. The zero-order valence-corrected chi connectivity index (χ0v) is 16.4. The lowest BCUT2D eigenvalue weighted by molar-refractivity contribution is -0.137. The van der Waals surface area contributed by atoms with Crippen molar-refractivity contribution in [3.8, 4) is 6.07 Å². The highest BCUT2D eigenvalue weighted by molar-refractivity contribution is 5.37. The van der Waals surface area contributed by atoms with Crippen LogP contribution in [0.4, 0.5) is 13.2 Å². The molecule has 1 heterocycles. The minimum Gasteiger partial charge on any atom is -0.346 e. The average molecular weight is 409 g/mol. The molecule has 1 fully saturated rings. The molecule has 1 aliphatic carbocycles. The van der Waals surface area contributed by atoms with Crippen LogP contribution in [0.5, 0.6) is 0 Å². The second-order valence-electron chi connectivity index (χ2n) is 7.73. The van der Waals surface area contributed by atoms with E-state index < -0.39 is 11.7 Å². The maximum atomic E-state index is 13.0. The number of nitrogens with zero attached hydrogens (tertiary/aromatic N) is 3. The minimum absolute atomic E-state index is 0.388. The number of halogens is 3. The van der Waals surface area contributed by atoms with Crippen LogP contribution >= 0.6 is 0 Å². The van der Waals surface area contributed by atoms with Crippen molar-refractivity contribution in [1.82, 2.24) is 9.47 Å². The SMILES string of the molecule is N#Cc1ccccc1CN(Cc1cccn1Cc1cccc(C(F)(F)F)c1)C1CC1. The lowest BCUT2D eigenvalue weighted by Crippen LogP contribution is -2.26. The van der Waals surface area contributed by atoms with Gasteiger partial charge in [0.15, 0.2) is 0 Å². The molecule has 0 bridgehead atoms. The van der Waals surface area contributed by atoms with Gasteiger partial charge in [0.2, 0.25) is 0 Å². The minimum atomic E-state index is -4.34. The van der Waals surface area contributed by atoms with Crippen molar-refractivity contribution >= 4 is 0 Å². The molecule has 30 heavy (non-hydrogen) atoms. The second kappa shape index (κ2) is 8.37. The summed E-state index contributed by atoms with van der Waals surface area (Å²) in [5.74, 6) is 0. The number of benzene rings is 2. The summed E-state index contributed by atoms with van der Waals surface area (Å²) in [6, 6.07) is 19.8. The van der Waals surface area contributed by atoms with Gasteiger partial charge < -0.3 is 4.57 Å². The molecule has 4 rings (SSSR count). The standard InChI is InChI=1S/C24H22F3N3/c25-24(26,27)21-8-3-5-18(13-21)15-29-12-4-9-23(29)17-30(22-10-11-22)16-20-7-2-1-6-19(20)14-28/h1-9,12-13,22H,10-11,15-17H2. The third-order valence-electron chi connectivity index (χ3n) is 5.47. The molecule has 0 saturated heterocycles. The molecule has 0 amide bonds. The second-order valence-corrected chi connectivity index (χ2v) is 7.73. The maximum absolute atomic E-state index is 13.0. The van der Waals surface area contributed by atoms with Crippen LogP contribution in [0.25, 0.3) is 0 Å². The largest absolute Gasteiger partial charge is 0.416 e. The van der Waals surface area contributed by atoms with E-state index in [4.69, 9.17) is 0 Å². The maximum Gasteiger partial charge on any atom is 0.416 e. The molecular weight excluding hydrogens is 387 g/mol. The summed E-state index contributed by atoms with van der Waals surface area (Å²) in [4.78, 5) is 2.36. The lowest BCUT2D eigenvalue weighted by atomic mass is 10.1. The van der Waals surface area contributed by atoms with Gasteiger partial charge in [-0.25, -0.2) is 0 Å². The van der Waals surface area contributed by atoms with Crippen molar-refractivity contribution in [3.05, 3.63) is 94.8 Å². The van der Waals surface area contributed by atoms with Crippen LogP contribution in [0.2, 0.25) is 0 Å². The van der Waals surface area contributed by atoms with E-state index in [2.05, 4.69) is 11.0 Å². The Morgan fingerprint density at radius 1 is 1.00 bits per heavy atom. The average Bonchev–Trinajstić information content (AvgIpc) is 3.49. The topological polar surface area (TPSA) is 32.0 Å². The van der Waals surface area contributed by atoms with Crippen LogP contribution in [-0.2, 0) is 25.8 Å². The highest BCUT2D eigenvalue weighted by atomic mass is 19.4. The summed E-state index contributed by atoms with van der Waals surface area (Å²) in [5.41, 5.74) is 2.73. The van der Waals surface area contributed by atoms with E-state index in [-0.39, 0.29) is 0 Å². The van der Waals surface area contributed by atoms with Crippen molar-refractivity contribution in [2.45, 2.75) is 44.7 Å². The molecule has 3 aromatic rings. The summed E-state index contributed by atoms with van der Waals surface area (Å²) in [7, 11) is 0. The molecule has 0 atom stereocenters. The van der Waals surface area contributed by atoms with E-state index in [1.165, 1.54) is 12.1 Å². The Hall–Kier alpha value is -3.04. The molecule has 3 nitrogen and oxygen atoms in total. The monoisotopic (exact) mass is 409 g/mol. The van der Waals surface area contributed by atoms with Gasteiger partial charge in [-0.1, -0.05) is 30.3 Å². The fourth-order valence-corrected chi connectivity index (χ4v) is 3.74.